The van der Waals surface area contributed by atoms with Crippen LogP contribution in [-0.2, 0) is 0 Å². The zero-order valence-electron chi connectivity index (χ0n) is 8.53. The van der Waals surface area contributed by atoms with Crippen LogP contribution in [0.2, 0.25) is 0 Å². The van der Waals surface area contributed by atoms with Crippen molar-refractivity contribution in [3.8, 4) is 5.75 Å². The number of aromatic nitrogens is 1. The number of methoxy groups -OCH3 is 1. The van der Waals surface area contributed by atoms with Gasteiger partial charge in [-0.25, -0.2) is 0 Å². The van der Waals surface area contributed by atoms with E-state index in [2.05, 4.69) is 4.98 Å². The Morgan fingerprint density at radius 1 is 1.53 bits per heavy atom. The molecule has 2 aromatic rings. The molecule has 80 valence electrons. The lowest BCUT2D eigenvalue weighted by Gasteiger charge is -2.06. The van der Waals surface area contributed by atoms with Crippen LogP contribution in [0.3, 0.4) is 0 Å². The van der Waals surface area contributed by atoms with Crippen molar-refractivity contribution in [2.45, 2.75) is 6.10 Å². The molecule has 4 N–H and O–H groups in total. The molecule has 1 aromatic heterocycles. The van der Waals surface area contributed by atoms with Crippen molar-refractivity contribution in [2.24, 2.45) is 5.73 Å². The molecule has 0 unspecified atom stereocenters. The average molecular weight is 206 g/mol. The summed E-state index contributed by atoms with van der Waals surface area (Å²) < 4.78 is 5.13. The van der Waals surface area contributed by atoms with E-state index in [9.17, 15) is 5.11 Å². The summed E-state index contributed by atoms with van der Waals surface area (Å²) in [6.07, 6.45) is 1.15. The van der Waals surface area contributed by atoms with Crippen molar-refractivity contribution in [3.05, 3.63) is 30.0 Å². The van der Waals surface area contributed by atoms with Gasteiger partial charge in [-0.3, -0.25) is 0 Å². The summed E-state index contributed by atoms with van der Waals surface area (Å²) in [4.78, 5) is 3.08. The van der Waals surface area contributed by atoms with Crippen LogP contribution in [-0.4, -0.2) is 23.7 Å². The fraction of sp³-hybridized carbons (Fsp3) is 0.273. The molecule has 0 aliphatic carbocycles. The van der Waals surface area contributed by atoms with Gasteiger partial charge >= 0.3 is 0 Å². The first kappa shape index (κ1) is 10.0. The van der Waals surface area contributed by atoms with E-state index in [1.165, 1.54) is 0 Å². The number of aliphatic hydroxyl groups is 1. The van der Waals surface area contributed by atoms with E-state index in [0.29, 0.717) is 0 Å². The van der Waals surface area contributed by atoms with Gasteiger partial charge in [0.15, 0.2) is 0 Å². The van der Waals surface area contributed by atoms with E-state index >= 15 is 0 Å². The van der Waals surface area contributed by atoms with E-state index in [-0.39, 0.29) is 6.54 Å². The Kier molecular flexibility index (Phi) is 2.62. The monoisotopic (exact) mass is 206 g/mol. The van der Waals surface area contributed by atoms with Gasteiger partial charge < -0.3 is 20.6 Å². The maximum Gasteiger partial charge on any atom is 0.119 e. The highest BCUT2D eigenvalue weighted by Gasteiger charge is 2.11. The average Bonchev–Trinajstić information content (AvgIpc) is 2.70. The predicted octanol–water partition coefficient (Wildman–Crippen LogP) is 1.17. The quantitative estimate of drug-likeness (QED) is 0.706. The standard InChI is InChI=1S/C11H14N2O2/c1-15-7-2-3-10-8(4-7)9(6-13-10)11(14)5-12/h2-4,6,11,13-14H,5,12H2,1H3/t11-/m0/s1. The fourth-order valence-electron chi connectivity index (χ4n) is 1.65. The molecule has 0 saturated carbocycles. The van der Waals surface area contributed by atoms with Crippen LogP contribution < -0.4 is 10.5 Å². The second kappa shape index (κ2) is 3.92. The first-order valence-corrected chi connectivity index (χ1v) is 4.79. The van der Waals surface area contributed by atoms with Gasteiger partial charge in [0, 0.05) is 29.2 Å². The van der Waals surface area contributed by atoms with Crippen LogP contribution in [0.25, 0.3) is 10.9 Å². The first-order chi connectivity index (χ1) is 7.26. The fourth-order valence-corrected chi connectivity index (χ4v) is 1.65. The first-order valence-electron chi connectivity index (χ1n) is 4.79. The molecular formula is C11H14N2O2. The van der Waals surface area contributed by atoms with E-state index in [4.69, 9.17) is 10.5 Å². The molecule has 0 aliphatic heterocycles. The highest BCUT2D eigenvalue weighted by atomic mass is 16.5. The third kappa shape index (κ3) is 1.69. The number of hydrogen-bond acceptors (Lipinski definition) is 3. The van der Waals surface area contributed by atoms with Crippen LogP contribution in [0, 0.1) is 0 Å². The van der Waals surface area contributed by atoms with E-state index < -0.39 is 6.10 Å². The number of fused-ring (bicyclic) bond motifs is 1. The number of H-pyrrole nitrogens is 1. The molecule has 15 heavy (non-hydrogen) atoms. The number of nitrogens with two attached hydrogens (primary N) is 1. The minimum atomic E-state index is -0.633. The number of benzene rings is 1. The number of rotatable bonds is 3. The Morgan fingerprint density at radius 3 is 3.00 bits per heavy atom. The molecule has 4 nitrogen and oxygen atoms in total. The molecule has 2 rings (SSSR count). The Bertz CT molecular complexity index is 465. The normalized spacial score (nSPS) is 13.0. The lowest BCUT2D eigenvalue weighted by Crippen LogP contribution is -2.10. The Hall–Kier alpha value is -1.52. The van der Waals surface area contributed by atoms with Gasteiger partial charge in [-0.2, -0.15) is 0 Å². The number of aromatic amines is 1. The number of ether oxygens (including phenoxy) is 1. The van der Waals surface area contributed by atoms with Gasteiger partial charge in [-0.1, -0.05) is 0 Å². The van der Waals surface area contributed by atoms with Gasteiger partial charge in [0.1, 0.15) is 5.75 Å². The molecule has 0 bridgehead atoms. The van der Waals surface area contributed by atoms with Crippen molar-refractivity contribution in [1.82, 2.24) is 4.98 Å². The highest BCUT2D eigenvalue weighted by Crippen LogP contribution is 2.27. The van der Waals surface area contributed by atoms with Gasteiger partial charge in [0.2, 0.25) is 0 Å². The zero-order valence-corrected chi connectivity index (χ0v) is 8.53. The third-order valence-corrected chi connectivity index (χ3v) is 2.50. The van der Waals surface area contributed by atoms with E-state index in [0.717, 1.165) is 22.2 Å². The van der Waals surface area contributed by atoms with Gasteiger partial charge in [0.25, 0.3) is 0 Å². The lowest BCUT2D eigenvalue weighted by atomic mass is 10.1. The number of aliphatic hydroxyl groups excluding tert-OH is 1. The number of nitrogens with one attached hydrogen (secondary N) is 1. The minimum Gasteiger partial charge on any atom is -0.497 e. The summed E-state index contributed by atoms with van der Waals surface area (Å²) in [5, 5.41) is 10.6. The summed E-state index contributed by atoms with van der Waals surface area (Å²) in [6, 6.07) is 5.68. The predicted molar refractivity (Wildman–Crippen MR) is 58.9 cm³/mol. The smallest absolute Gasteiger partial charge is 0.119 e. The van der Waals surface area contributed by atoms with Gasteiger partial charge in [0.05, 0.1) is 13.2 Å². The third-order valence-electron chi connectivity index (χ3n) is 2.50. The van der Waals surface area contributed by atoms with Crippen LogP contribution in [0.5, 0.6) is 5.75 Å². The highest BCUT2D eigenvalue weighted by molar-refractivity contribution is 5.85. The summed E-state index contributed by atoms with van der Waals surface area (Å²) in [5.74, 6) is 0.771. The van der Waals surface area contributed by atoms with E-state index in [1.54, 1.807) is 13.3 Å². The zero-order chi connectivity index (χ0) is 10.8. The Labute approximate surface area is 87.7 Å². The summed E-state index contributed by atoms with van der Waals surface area (Å²) in [6.45, 7) is 0.212. The van der Waals surface area contributed by atoms with Crippen LogP contribution in [0.1, 0.15) is 11.7 Å². The lowest BCUT2D eigenvalue weighted by molar-refractivity contribution is 0.188. The minimum absolute atomic E-state index is 0.212. The summed E-state index contributed by atoms with van der Waals surface area (Å²) >= 11 is 0. The molecule has 4 heteroatoms. The molecule has 0 saturated heterocycles. The SMILES string of the molecule is COc1ccc2[nH]cc([C@@H](O)CN)c2c1. The largest absolute Gasteiger partial charge is 0.497 e. The van der Waals surface area contributed by atoms with Crippen molar-refractivity contribution in [2.75, 3.05) is 13.7 Å². The number of hydrogen-bond donors (Lipinski definition) is 3. The maximum absolute atomic E-state index is 9.69. The summed E-state index contributed by atoms with van der Waals surface area (Å²) in [7, 11) is 1.62. The second-order valence-corrected chi connectivity index (χ2v) is 3.41. The van der Waals surface area contributed by atoms with Gasteiger partial charge in [-0.05, 0) is 18.2 Å². The second-order valence-electron chi connectivity index (χ2n) is 3.41. The Balaban J connectivity index is 2.56. The van der Waals surface area contributed by atoms with Crippen molar-refractivity contribution in [1.29, 1.82) is 0 Å². The van der Waals surface area contributed by atoms with Crippen LogP contribution >= 0.6 is 0 Å². The van der Waals surface area contributed by atoms with Crippen molar-refractivity contribution >= 4 is 10.9 Å². The maximum atomic E-state index is 9.69. The molecule has 1 aromatic carbocycles. The molecule has 0 aliphatic rings. The van der Waals surface area contributed by atoms with Crippen LogP contribution in [0.4, 0.5) is 0 Å². The van der Waals surface area contributed by atoms with Crippen molar-refractivity contribution < 1.29 is 9.84 Å². The molecular weight excluding hydrogens is 192 g/mol. The molecule has 1 atom stereocenters. The van der Waals surface area contributed by atoms with Gasteiger partial charge in [-0.15, -0.1) is 0 Å². The molecule has 0 spiro atoms. The van der Waals surface area contributed by atoms with Crippen LogP contribution in [0.15, 0.2) is 24.4 Å². The van der Waals surface area contributed by atoms with Crippen molar-refractivity contribution in [3.63, 3.8) is 0 Å². The molecule has 1 heterocycles. The topological polar surface area (TPSA) is 71.3 Å². The van der Waals surface area contributed by atoms with E-state index in [1.807, 2.05) is 18.2 Å². The Morgan fingerprint density at radius 2 is 2.33 bits per heavy atom. The molecule has 0 radical (unpaired) electrons. The molecule has 0 fully saturated rings. The summed E-state index contributed by atoms with van der Waals surface area (Å²) in [5.41, 5.74) is 7.21. The molecule has 0 amide bonds.